The molecule has 1 N–H and O–H groups in total. The van der Waals surface area contributed by atoms with Crippen molar-refractivity contribution in [2.45, 2.75) is 6.92 Å². The molecule has 1 aliphatic rings. The molecule has 6 heteroatoms. The molecule has 0 saturated carbocycles. The minimum atomic E-state index is -0.792. The Morgan fingerprint density at radius 1 is 1.06 bits per heavy atom. The number of carboxylic acids is 1. The number of carbonyl (C=O) groups is 2. The van der Waals surface area contributed by atoms with Crippen molar-refractivity contribution in [2.24, 2.45) is 0 Å². The fraction of sp³-hybridized carbons (Fsp3) is 0.833. The zero-order valence-corrected chi connectivity index (χ0v) is 11.0. The lowest BCUT2D eigenvalue weighted by Gasteiger charge is -2.23. The molecule has 0 aliphatic carbocycles. The maximum absolute atomic E-state index is 10.8. The van der Waals surface area contributed by atoms with Gasteiger partial charge < -0.3 is 14.8 Å². The number of carboxylic acid groups (broad SMARTS) is 1. The van der Waals surface area contributed by atoms with Gasteiger partial charge in [0.1, 0.15) is 6.29 Å². The largest absolute Gasteiger partial charge is 0.480 e. The van der Waals surface area contributed by atoms with E-state index in [1.165, 1.54) is 0 Å². The van der Waals surface area contributed by atoms with Crippen molar-refractivity contribution in [1.82, 2.24) is 14.7 Å². The molecule has 0 radical (unpaired) electrons. The summed E-state index contributed by atoms with van der Waals surface area (Å²) in [5, 5.41) is 8.87. The highest BCUT2D eigenvalue weighted by Gasteiger charge is 2.16. The van der Waals surface area contributed by atoms with Gasteiger partial charge in [0.05, 0.1) is 13.1 Å². The number of hydrogen-bond donors (Lipinski definition) is 1. The molecule has 104 valence electrons. The summed E-state index contributed by atoms with van der Waals surface area (Å²) in [7, 11) is 0. The average Bonchev–Trinajstić information content (AvgIpc) is 2.42. The second-order valence-corrected chi connectivity index (χ2v) is 4.57. The first-order chi connectivity index (χ1) is 8.65. The van der Waals surface area contributed by atoms with E-state index >= 15 is 0 Å². The smallest absolute Gasteiger partial charge is 0.317 e. The van der Waals surface area contributed by atoms with Crippen LogP contribution in [0.15, 0.2) is 0 Å². The van der Waals surface area contributed by atoms with Crippen LogP contribution in [0.2, 0.25) is 0 Å². The van der Waals surface area contributed by atoms with Crippen LogP contribution >= 0.6 is 0 Å². The third-order valence-electron chi connectivity index (χ3n) is 3.34. The van der Waals surface area contributed by atoms with Gasteiger partial charge in [-0.25, -0.2) is 0 Å². The maximum atomic E-state index is 10.8. The highest BCUT2D eigenvalue weighted by molar-refractivity contribution is 5.69. The predicted molar refractivity (Wildman–Crippen MR) is 68.7 cm³/mol. The molecule has 1 heterocycles. The van der Waals surface area contributed by atoms with E-state index in [0.29, 0.717) is 13.1 Å². The van der Waals surface area contributed by atoms with Gasteiger partial charge in [-0.05, 0) is 6.54 Å². The first-order valence-electron chi connectivity index (χ1n) is 6.48. The van der Waals surface area contributed by atoms with Crippen LogP contribution in [0.25, 0.3) is 0 Å². The van der Waals surface area contributed by atoms with Gasteiger partial charge in [-0.2, -0.15) is 0 Å². The second kappa shape index (κ2) is 8.18. The van der Waals surface area contributed by atoms with Crippen LogP contribution in [0.5, 0.6) is 0 Å². The molecule has 1 aliphatic heterocycles. The SMILES string of the molecule is CCN1CCN(CC=O)CCN(CC(=O)O)CC1. The molecule has 0 atom stereocenters. The number of nitrogens with zero attached hydrogens (tertiary/aromatic N) is 3. The fourth-order valence-electron chi connectivity index (χ4n) is 2.14. The van der Waals surface area contributed by atoms with E-state index in [1.54, 1.807) is 0 Å². The Morgan fingerprint density at radius 3 is 2.00 bits per heavy atom. The van der Waals surface area contributed by atoms with Gasteiger partial charge in [-0.3, -0.25) is 14.6 Å². The van der Waals surface area contributed by atoms with Gasteiger partial charge in [0, 0.05) is 39.3 Å². The monoisotopic (exact) mass is 257 g/mol. The molecular formula is C12H23N3O3. The zero-order chi connectivity index (χ0) is 13.4. The number of likely N-dealkylation sites (N-methyl/N-ethyl adjacent to an activating group) is 1. The van der Waals surface area contributed by atoms with E-state index in [1.807, 2.05) is 4.90 Å². The van der Waals surface area contributed by atoms with Crippen molar-refractivity contribution < 1.29 is 14.7 Å². The predicted octanol–water partition coefficient (Wildman–Crippen LogP) is -0.791. The van der Waals surface area contributed by atoms with Crippen LogP contribution in [-0.2, 0) is 9.59 Å². The van der Waals surface area contributed by atoms with Gasteiger partial charge in [0.15, 0.2) is 0 Å². The quantitative estimate of drug-likeness (QED) is 0.651. The van der Waals surface area contributed by atoms with Gasteiger partial charge in [0.25, 0.3) is 0 Å². The highest BCUT2D eigenvalue weighted by Crippen LogP contribution is 1.99. The molecule has 1 fully saturated rings. The Labute approximate surface area is 108 Å². The highest BCUT2D eigenvalue weighted by atomic mass is 16.4. The first-order valence-corrected chi connectivity index (χ1v) is 6.48. The summed E-state index contributed by atoms with van der Waals surface area (Å²) >= 11 is 0. The summed E-state index contributed by atoms with van der Waals surface area (Å²) < 4.78 is 0. The Morgan fingerprint density at radius 2 is 1.56 bits per heavy atom. The minimum absolute atomic E-state index is 0.0759. The average molecular weight is 257 g/mol. The maximum Gasteiger partial charge on any atom is 0.317 e. The molecule has 0 spiro atoms. The lowest BCUT2D eigenvalue weighted by atomic mass is 10.4. The topological polar surface area (TPSA) is 64.1 Å². The normalized spacial score (nSPS) is 20.9. The number of hydrogen-bond acceptors (Lipinski definition) is 5. The molecule has 0 aromatic rings. The molecule has 0 aromatic carbocycles. The Hall–Kier alpha value is -0.980. The van der Waals surface area contributed by atoms with Crippen molar-refractivity contribution in [3.8, 4) is 0 Å². The summed E-state index contributed by atoms with van der Waals surface area (Å²) in [4.78, 5) is 27.7. The van der Waals surface area contributed by atoms with Crippen LogP contribution in [-0.4, -0.2) is 91.0 Å². The molecule has 1 saturated heterocycles. The Balaban J connectivity index is 2.57. The Kier molecular flexibility index (Phi) is 6.85. The molecule has 1 rings (SSSR count). The fourth-order valence-corrected chi connectivity index (χ4v) is 2.14. The van der Waals surface area contributed by atoms with E-state index in [0.717, 1.165) is 45.6 Å². The van der Waals surface area contributed by atoms with Crippen molar-refractivity contribution in [3.63, 3.8) is 0 Å². The zero-order valence-electron chi connectivity index (χ0n) is 11.0. The van der Waals surface area contributed by atoms with Gasteiger partial charge in [-0.15, -0.1) is 0 Å². The van der Waals surface area contributed by atoms with Crippen molar-refractivity contribution in [1.29, 1.82) is 0 Å². The number of aliphatic carboxylic acids is 1. The van der Waals surface area contributed by atoms with Crippen LogP contribution in [0, 0.1) is 0 Å². The summed E-state index contributed by atoms with van der Waals surface area (Å²) in [6, 6.07) is 0. The van der Waals surface area contributed by atoms with E-state index in [2.05, 4.69) is 16.7 Å². The van der Waals surface area contributed by atoms with E-state index in [-0.39, 0.29) is 6.54 Å². The molecule has 18 heavy (non-hydrogen) atoms. The minimum Gasteiger partial charge on any atom is -0.480 e. The molecule has 0 aromatic heterocycles. The van der Waals surface area contributed by atoms with Gasteiger partial charge in [0.2, 0.25) is 0 Å². The third-order valence-corrected chi connectivity index (χ3v) is 3.34. The standard InChI is InChI=1S/C12H23N3O3/c1-2-13-3-5-14(9-10-16)6-8-15(7-4-13)11-12(17)18/h10H,2-9,11H2,1H3,(H,17,18). The second-order valence-electron chi connectivity index (χ2n) is 4.57. The van der Waals surface area contributed by atoms with Gasteiger partial charge in [-0.1, -0.05) is 6.92 Å². The molecule has 0 unspecified atom stereocenters. The van der Waals surface area contributed by atoms with Crippen LogP contribution in [0.3, 0.4) is 0 Å². The Bertz CT molecular complexity index is 273. The number of carbonyl (C=O) groups excluding carboxylic acids is 1. The van der Waals surface area contributed by atoms with Crippen molar-refractivity contribution >= 4 is 12.3 Å². The third kappa shape index (κ3) is 5.57. The van der Waals surface area contributed by atoms with E-state index in [9.17, 15) is 9.59 Å². The van der Waals surface area contributed by atoms with Crippen LogP contribution < -0.4 is 0 Å². The molecular weight excluding hydrogens is 234 g/mol. The molecule has 0 bridgehead atoms. The first kappa shape index (κ1) is 15.1. The summed E-state index contributed by atoms with van der Waals surface area (Å²) in [6.45, 7) is 8.48. The van der Waals surface area contributed by atoms with E-state index < -0.39 is 5.97 Å². The summed E-state index contributed by atoms with van der Waals surface area (Å²) in [5.41, 5.74) is 0. The van der Waals surface area contributed by atoms with Gasteiger partial charge >= 0.3 is 5.97 Å². The lowest BCUT2D eigenvalue weighted by Crippen LogP contribution is -2.39. The number of rotatable bonds is 5. The molecule has 0 amide bonds. The lowest BCUT2D eigenvalue weighted by molar-refractivity contribution is -0.138. The molecule has 6 nitrogen and oxygen atoms in total. The summed E-state index contributed by atoms with van der Waals surface area (Å²) in [5.74, 6) is -0.792. The number of aldehydes is 1. The van der Waals surface area contributed by atoms with E-state index in [4.69, 9.17) is 5.11 Å². The van der Waals surface area contributed by atoms with Crippen LogP contribution in [0.4, 0.5) is 0 Å². The van der Waals surface area contributed by atoms with Crippen molar-refractivity contribution in [3.05, 3.63) is 0 Å². The summed E-state index contributed by atoms with van der Waals surface area (Å²) in [6.07, 6.45) is 0.912. The van der Waals surface area contributed by atoms with Crippen molar-refractivity contribution in [2.75, 3.05) is 58.9 Å². The van der Waals surface area contributed by atoms with Crippen LogP contribution in [0.1, 0.15) is 6.92 Å².